The monoisotopic (exact) mass is 507 g/mol. The number of anilines is 1. The molecule has 2 N–H and O–H groups in total. The van der Waals surface area contributed by atoms with Crippen LogP contribution in [0.15, 0.2) is 48.5 Å². The van der Waals surface area contributed by atoms with Crippen molar-refractivity contribution >= 4 is 29.5 Å². The predicted octanol–water partition coefficient (Wildman–Crippen LogP) is 3.50. The highest BCUT2D eigenvalue weighted by Crippen LogP contribution is 2.40. The van der Waals surface area contributed by atoms with Crippen LogP contribution in [-0.2, 0) is 26.2 Å². The highest BCUT2D eigenvalue weighted by atomic mass is 16.5. The summed E-state index contributed by atoms with van der Waals surface area (Å²) in [5.74, 6) is -1.03. The Labute approximate surface area is 216 Å². The molecule has 1 aliphatic heterocycles. The van der Waals surface area contributed by atoms with E-state index in [1.54, 1.807) is 45.3 Å². The Bertz CT molecular complexity index is 1150. The first-order valence-corrected chi connectivity index (χ1v) is 12.6. The smallest absolute Gasteiger partial charge is 0.331 e. The molecule has 2 aliphatic rings. The summed E-state index contributed by atoms with van der Waals surface area (Å²) < 4.78 is 5.25. The minimum atomic E-state index is -1.13. The van der Waals surface area contributed by atoms with E-state index in [0.717, 1.165) is 29.7 Å². The first-order valence-electron chi connectivity index (χ1n) is 12.6. The molecule has 2 aromatic rings. The standard InChI is InChI=1S/C28H33N3O6/c1-18-24(32)31(27(36)30(18)2)21-11-7-19(8-12-21)17-23(25(33)34)29-26(35)28(15-5-4-6-16-28)20-9-13-22(37-3)14-10-20/h7-14,18,23H,4-6,15-17H2,1-3H3,(H,29,35)(H,33,34). The molecule has 1 heterocycles. The van der Waals surface area contributed by atoms with Crippen LogP contribution in [-0.4, -0.2) is 60.1 Å². The van der Waals surface area contributed by atoms with Gasteiger partial charge < -0.3 is 20.1 Å². The van der Waals surface area contributed by atoms with E-state index < -0.39 is 29.5 Å². The maximum atomic E-state index is 13.6. The predicted molar refractivity (Wildman–Crippen MR) is 138 cm³/mol. The molecule has 2 aromatic carbocycles. The van der Waals surface area contributed by atoms with Crippen molar-refractivity contribution < 1.29 is 29.0 Å². The summed E-state index contributed by atoms with van der Waals surface area (Å²) in [4.78, 5) is 53.2. The maximum absolute atomic E-state index is 13.6. The number of urea groups is 1. The van der Waals surface area contributed by atoms with Gasteiger partial charge in [0.15, 0.2) is 0 Å². The zero-order valence-corrected chi connectivity index (χ0v) is 21.4. The van der Waals surface area contributed by atoms with Crippen molar-refractivity contribution in [2.75, 3.05) is 19.1 Å². The molecule has 2 unspecified atom stereocenters. The van der Waals surface area contributed by atoms with Gasteiger partial charge in [0.2, 0.25) is 5.91 Å². The van der Waals surface area contributed by atoms with E-state index >= 15 is 0 Å². The van der Waals surface area contributed by atoms with Crippen molar-refractivity contribution in [2.24, 2.45) is 0 Å². The Morgan fingerprint density at radius 1 is 1.05 bits per heavy atom. The van der Waals surface area contributed by atoms with Gasteiger partial charge in [0, 0.05) is 13.5 Å². The molecule has 0 radical (unpaired) electrons. The second kappa shape index (κ2) is 10.6. The van der Waals surface area contributed by atoms with Gasteiger partial charge in [0.1, 0.15) is 17.8 Å². The molecular weight excluding hydrogens is 474 g/mol. The van der Waals surface area contributed by atoms with Gasteiger partial charge in [-0.05, 0) is 55.2 Å². The molecule has 1 saturated heterocycles. The quantitative estimate of drug-likeness (QED) is 0.529. The highest BCUT2D eigenvalue weighted by molar-refractivity contribution is 6.21. The van der Waals surface area contributed by atoms with Crippen molar-refractivity contribution in [3.05, 3.63) is 59.7 Å². The number of hydrogen-bond donors (Lipinski definition) is 2. The lowest BCUT2D eigenvalue weighted by Crippen LogP contribution is -2.52. The van der Waals surface area contributed by atoms with E-state index in [0.29, 0.717) is 29.8 Å². The maximum Gasteiger partial charge on any atom is 0.331 e. The van der Waals surface area contributed by atoms with E-state index in [4.69, 9.17) is 4.74 Å². The molecule has 4 rings (SSSR count). The average Bonchev–Trinajstić information content (AvgIpc) is 3.11. The number of ether oxygens (including phenoxy) is 1. The molecule has 9 nitrogen and oxygen atoms in total. The molecule has 4 amide bonds. The Hall–Kier alpha value is -3.88. The number of carbonyl (C=O) groups is 4. The fourth-order valence-electron chi connectivity index (χ4n) is 5.23. The van der Waals surface area contributed by atoms with Crippen LogP contribution in [0.5, 0.6) is 5.75 Å². The number of amides is 4. The van der Waals surface area contributed by atoms with E-state index in [1.165, 1.54) is 4.90 Å². The second-order valence-corrected chi connectivity index (χ2v) is 9.85. The van der Waals surface area contributed by atoms with Crippen LogP contribution >= 0.6 is 0 Å². The SMILES string of the molecule is COc1ccc(C2(C(=O)NC(Cc3ccc(N4C(=O)C(C)N(C)C4=O)cc3)C(=O)O)CCCCC2)cc1. The largest absolute Gasteiger partial charge is 0.497 e. The Kier molecular flexibility index (Phi) is 7.52. The summed E-state index contributed by atoms with van der Waals surface area (Å²) >= 11 is 0. The third kappa shape index (κ3) is 5.03. The first-order chi connectivity index (χ1) is 17.7. The number of carbonyl (C=O) groups excluding carboxylic acids is 3. The number of carboxylic acids is 1. The van der Waals surface area contributed by atoms with Crippen LogP contribution in [0.1, 0.15) is 50.2 Å². The van der Waals surface area contributed by atoms with Crippen LogP contribution < -0.4 is 15.0 Å². The van der Waals surface area contributed by atoms with E-state index in [-0.39, 0.29) is 18.2 Å². The fourth-order valence-corrected chi connectivity index (χ4v) is 5.23. The Morgan fingerprint density at radius 3 is 2.19 bits per heavy atom. The van der Waals surface area contributed by atoms with Gasteiger partial charge in [-0.3, -0.25) is 9.59 Å². The fraction of sp³-hybridized carbons (Fsp3) is 0.429. The van der Waals surface area contributed by atoms with Gasteiger partial charge in [-0.15, -0.1) is 0 Å². The summed E-state index contributed by atoms with van der Waals surface area (Å²) in [5.41, 5.74) is 1.16. The van der Waals surface area contributed by atoms with Crippen molar-refractivity contribution in [3.63, 3.8) is 0 Å². The molecule has 2 fully saturated rings. The molecule has 1 aliphatic carbocycles. The van der Waals surface area contributed by atoms with Gasteiger partial charge >= 0.3 is 12.0 Å². The molecule has 0 bridgehead atoms. The summed E-state index contributed by atoms with van der Waals surface area (Å²) in [7, 11) is 3.16. The van der Waals surface area contributed by atoms with Gasteiger partial charge in [0.25, 0.3) is 5.91 Å². The van der Waals surface area contributed by atoms with E-state index in [2.05, 4.69) is 5.32 Å². The van der Waals surface area contributed by atoms with Crippen molar-refractivity contribution in [3.8, 4) is 5.75 Å². The topological polar surface area (TPSA) is 116 Å². The van der Waals surface area contributed by atoms with E-state index in [1.807, 2.05) is 24.3 Å². The molecular formula is C28H33N3O6. The normalized spacial score (nSPS) is 20.0. The summed E-state index contributed by atoms with van der Waals surface area (Å²) in [6, 6.07) is 11.9. The minimum absolute atomic E-state index is 0.0677. The number of likely N-dealkylation sites (N-methyl/N-ethyl adjacent to an activating group) is 1. The van der Waals surface area contributed by atoms with Crippen LogP contribution in [0, 0.1) is 0 Å². The van der Waals surface area contributed by atoms with Crippen molar-refractivity contribution in [2.45, 2.75) is 62.9 Å². The molecule has 1 saturated carbocycles. The van der Waals surface area contributed by atoms with Crippen molar-refractivity contribution in [1.29, 1.82) is 0 Å². The number of imide groups is 1. The Balaban J connectivity index is 1.51. The molecule has 2 atom stereocenters. The zero-order valence-electron chi connectivity index (χ0n) is 21.4. The molecule has 0 spiro atoms. The van der Waals surface area contributed by atoms with Gasteiger partial charge in [-0.1, -0.05) is 43.5 Å². The third-order valence-electron chi connectivity index (χ3n) is 7.67. The zero-order chi connectivity index (χ0) is 26.7. The van der Waals surface area contributed by atoms with Crippen LogP contribution in [0.2, 0.25) is 0 Å². The number of nitrogens with zero attached hydrogens (tertiary/aromatic N) is 2. The summed E-state index contributed by atoms with van der Waals surface area (Å²) in [6.07, 6.45) is 4.18. The number of benzene rings is 2. The number of hydrogen-bond acceptors (Lipinski definition) is 5. The third-order valence-corrected chi connectivity index (χ3v) is 7.67. The van der Waals surface area contributed by atoms with Crippen LogP contribution in [0.3, 0.4) is 0 Å². The number of methoxy groups -OCH3 is 1. The van der Waals surface area contributed by atoms with Crippen LogP contribution in [0.4, 0.5) is 10.5 Å². The van der Waals surface area contributed by atoms with E-state index in [9.17, 15) is 24.3 Å². The summed E-state index contributed by atoms with van der Waals surface area (Å²) in [6.45, 7) is 1.67. The number of rotatable bonds is 8. The first kappa shape index (κ1) is 26.2. The highest BCUT2D eigenvalue weighted by Gasteiger charge is 2.43. The van der Waals surface area contributed by atoms with Crippen molar-refractivity contribution in [1.82, 2.24) is 10.2 Å². The van der Waals surface area contributed by atoms with Crippen LogP contribution in [0.25, 0.3) is 0 Å². The summed E-state index contributed by atoms with van der Waals surface area (Å²) in [5, 5.41) is 12.7. The molecule has 37 heavy (non-hydrogen) atoms. The molecule has 9 heteroatoms. The van der Waals surface area contributed by atoms with Gasteiger partial charge in [-0.2, -0.15) is 0 Å². The number of carboxylic acid groups (broad SMARTS) is 1. The molecule has 196 valence electrons. The number of aliphatic carboxylic acids is 1. The van der Waals surface area contributed by atoms with Gasteiger partial charge in [0.05, 0.1) is 18.2 Å². The second-order valence-electron chi connectivity index (χ2n) is 9.85. The van der Waals surface area contributed by atoms with Gasteiger partial charge in [-0.25, -0.2) is 14.5 Å². The lowest BCUT2D eigenvalue weighted by atomic mass is 9.68. The Morgan fingerprint density at radius 2 is 1.68 bits per heavy atom. The minimum Gasteiger partial charge on any atom is -0.497 e. The lowest BCUT2D eigenvalue weighted by molar-refractivity contribution is -0.143. The molecule has 0 aromatic heterocycles. The lowest BCUT2D eigenvalue weighted by Gasteiger charge is -2.37. The average molecular weight is 508 g/mol. The number of nitrogens with one attached hydrogen (secondary N) is 1.